The van der Waals surface area contributed by atoms with E-state index in [-0.39, 0.29) is 17.0 Å². The molecule has 0 atom stereocenters. The average molecular weight is 347 g/mol. The van der Waals surface area contributed by atoms with E-state index in [1.807, 2.05) is 17.4 Å². The molecule has 0 radical (unpaired) electrons. The second-order valence-corrected chi connectivity index (χ2v) is 5.64. The van der Waals surface area contributed by atoms with Crippen molar-refractivity contribution in [3.63, 3.8) is 0 Å². The summed E-state index contributed by atoms with van der Waals surface area (Å²) in [5.74, 6) is 0. The third-order valence-corrected chi connectivity index (χ3v) is 4.36. The summed E-state index contributed by atoms with van der Waals surface area (Å²) in [6.07, 6.45) is 2.95. The number of hydrogen-bond donors (Lipinski definition) is 0. The molecule has 0 saturated heterocycles. The number of fused-ring (bicyclic) bond motifs is 1. The monoisotopic (exact) mass is 346 g/mol. The van der Waals surface area contributed by atoms with E-state index in [9.17, 15) is 0 Å². The van der Waals surface area contributed by atoms with Gasteiger partial charge in [0.2, 0.25) is 10.5 Å². The number of para-hydroxylation sites is 1. The van der Waals surface area contributed by atoms with Crippen LogP contribution in [-0.4, -0.2) is 0 Å². The highest BCUT2D eigenvalue weighted by molar-refractivity contribution is 8.93. The summed E-state index contributed by atoms with van der Waals surface area (Å²) < 4.78 is 3.70. The lowest BCUT2D eigenvalue weighted by Crippen LogP contribution is -2.35. The number of benzene rings is 2. The first-order chi connectivity index (χ1) is 9.38. The van der Waals surface area contributed by atoms with Crippen LogP contribution in [0.5, 0.6) is 0 Å². The molecular formula is C17H17BrNS+. The molecule has 3 aromatic rings. The van der Waals surface area contributed by atoms with Gasteiger partial charge in [-0.05, 0) is 17.7 Å². The van der Waals surface area contributed by atoms with Gasteiger partial charge in [-0.15, -0.1) is 17.0 Å². The summed E-state index contributed by atoms with van der Waals surface area (Å²) in [5, 5.41) is 1.38. The maximum Gasteiger partial charge on any atom is 0.243 e. The van der Waals surface area contributed by atoms with Gasteiger partial charge in [0.25, 0.3) is 0 Å². The van der Waals surface area contributed by atoms with Crippen molar-refractivity contribution in [2.45, 2.75) is 13.0 Å². The van der Waals surface area contributed by atoms with Gasteiger partial charge in [0.15, 0.2) is 6.54 Å². The number of halogens is 1. The fourth-order valence-electron chi connectivity index (χ4n) is 2.31. The molecule has 0 bridgehead atoms. The van der Waals surface area contributed by atoms with Crippen molar-refractivity contribution < 1.29 is 4.57 Å². The minimum absolute atomic E-state index is 0. The van der Waals surface area contributed by atoms with Crippen molar-refractivity contribution in [1.82, 2.24) is 0 Å². The Kier molecular flexibility index (Phi) is 5.10. The summed E-state index contributed by atoms with van der Waals surface area (Å²) in [6.45, 7) is 4.74. The molecule has 2 aromatic carbocycles. The molecule has 0 spiro atoms. The molecular weight excluding hydrogens is 330 g/mol. The van der Waals surface area contributed by atoms with Gasteiger partial charge in [-0.2, -0.15) is 4.57 Å². The van der Waals surface area contributed by atoms with E-state index in [4.69, 9.17) is 0 Å². The zero-order valence-electron chi connectivity index (χ0n) is 11.2. The van der Waals surface area contributed by atoms with E-state index in [0.717, 1.165) is 13.0 Å². The Balaban J connectivity index is 0.00000147. The van der Waals surface area contributed by atoms with E-state index in [1.54, 1.807) is 0 Å². The SMILES string of the molecule is Br.C=CC[n+]1c(Cc2ccccc2)sc2ccccc21. The van der Waals surface area contributed by atoms with Gasteiger partial charge in [0, 0.05) is 6.07 Å². The Morgan fingerprint density at radius 3 is 2.45 bits per heavy atom. The fraction of sp³-hybridized carbons (Fsp3) is 0.118. The largest absolute Gasteiger partial charge is 0.243 e. The average Bonchev–Trinajstić information content (AvgIpc) is 2.79. The van der Waals surface area contributed by atoms with Gasteiger partial charge in [0.05, 0.1) is 6.42 Å². The first kappa shape index (κ1) is 14.9. The summed E-state index contributed by atoms with van der Waals surface area (Å²) in [6, 6.07) is 19.2. The molecule has 0 N–H and O–H groups in total. The second kappa shape index (κ2) is 6.82. The standard InChI is InChI=1S/C17H16NS.BrH/c1-2-12-18-15-10-6-7-11-16(15)19-17(18)13-14-8-4-3-5-9-14;/h2-11H,1,12-13H2;1H/q+1;. The van der Waals surface area contributed by atoms with Gasteiger partial charge >= 0.3 is 0 Å². The lowest BCUT2D eigenvalue weighted by atomic mass is 10.1. The van der Waals surface area contributed by atoms with Crippen LogP contribution < -0.4 is 4.57 Å². The Hall–Kier alpha value is -1.45. The van der Waals surface area contributed by atoms with Gasteiger partial charge in [-0.25, -0.2) is 0 Å². The Morgan fingerprint density at radius 1 is 1.00 bits per heavy atom. The Labute approximate surface area is 134 Å². The molecule has 0 amide bonds. The zero-order chi connectivity index (χ0) is 13.1. The molecule has 102 valence electrons. The molecule has 1 nitrogen and oxygen atoms in total. The van der Waals surface area contributed by atoms with Gasteiger partial charge in [-0.3, -0.25) is 0 Å². The topological polar surface area (TPSA) is 3.88 Å². The number of aromatic nitrogens is 1. The number of nitrogens with zero attached hydrogens (tertiary/aromatic N) is 1. The summed E-state index contributed by atoms with van der Waals surface area (Å²) in [5.41, 5.74) is 2.66. The van der Waals surface area contributed by atoms with Crippen LogP contribution in [-0.2, 0) is 13.0 Å². The summed E-state index contributed by atoms with van der Waals surface area (Å²) in [4.78, 5) is 0. The van der Waals surface area contributed by atoms with E-state index < -0.39 is 0 Å². The molecule has 0 aliphatic carbocycles. The molecule has 1 aromatic heterocycles. The number of rotatable bonds is 4. The smallest absolute Gasteiger partial charge is 0.182 e. The third kappa shape index (κ3) is 3.00. The highest BCUT2D eigenvalue weighted by Crippen LogP contribution is 2.22. The quantitative estimate of drug-likeness (QED) is 0.482. The fourth-order valence-corrected chi connectivity index (χ4v) is 3.52. The molecule has 1 heterocycles. The summed E-state index contributed by atoms with van der Waals surface area (Å²) in [7, 11) is 0. The van der Waals surface area contributed by atoms with E-state index >= 15 is 0 Å². The van der Waals surface area contributed by atoms with Gasteiger partial charge in [-0.1, -0.05) is 60.4 Å². The first-order valence-electron chi connectivity index (χ1n) is 6.43. The molecule has 0 aliphatic rings. The summed E-state index contributed by atoms with van der Waals surface area (Å²) >= 11 is 1.87. The maximum atomic E-state index is 3.87. The van der Waals surface area contributed by atoms with Crippen molar-refractivity contribution in [2.75, 3.05) is 0 Å². The minimum atomic E-state index is 0. The Bertz CT molecular complexity index is 703. The van der Waals surface area contributed by atoms with Crippen molar-refractivity contribution in [3.05, 3.63) is 77.8 Å². The number of hydrogen-bond acceptors (Lipinski definition) is 1. The van der Waals surface area contributed by atoms with Crippen molar-refractivity contribution >= 4 is 38.5 Å². The molecule has 0 aliphatic heterocycles. The predicted molar refractivity (Wildman–Crippen MR) is 91.8 cm³/mol. The highest BCUT2D eigenvalue weighted by Gasteiger charge is 2.18. The molecule has 0 saturated carbocycles. The highest BCUT2D eigenvalue weighted by atomic mass is 79.9. The van der Waals surface area contributed by atoms with Gasteiger partial charge < -0.3 is 0 Å². The van der Waals surface area contributed by atoms with E-state index in [1.165, 1.54) is 20.8 Å². The van der Waals surface area contributed by atoms with Crippen molar-refractivity contribution in [3.8, 4) is 0 Å². The first-order valence-corrected chi connectivity index (χ1v) is 7.25. The number of allylic oxidation sites excluding steroid dienone is 1. The lowest BCUT2D eigenvalue weighted by Gasteiger charge is -1.97. The molecule has 0 unspecified atom stereocenters. The van der Waals surface area contributed by atoms with Crippen molar-refractivity contribution in [2.24, 2.45) is 0 Å². The van der Waals surface area contributed by atoms with Crippen LogP contribution in [0.15, 0.2) is 67.3 Å². The van der Waals surface area contributed by atoms with Gasteiger partial charge in [0.1, 0.15) is 4.70 Å². The lowest BCUT2D eigenvalue weighted by molar-refractivity contribution is -0.663. The van der Waals surface area contributed by atoms with E-state index in [2.05, 4.69) is 65.7 Å². The van der Waals surface area contributed by atoms with Crippen LogP contribution in [0.3, 0.4) is 0 Å². The second-order valence-electron chi connectivity index (χ2n) is 4.53. The molecule has 0 fully saturated rings. The van der Waals surface area contributed by atoms with Crippen LogP contribution in [0, 0.1) is 0 Å². The van der Waals surface area contributed by atoms with E-state index in [0.29, 0.717) is 0 Å². The normalized spacial score (nSPS) is 10.2. The third-order valence-electron chi connectivity index (χ3n) is 3.19. The van der Waals surface area contributed by atoms with Crippen LogP contribution in [0.1, 0.15) is 10.6 Å². The van der Waals surface area contributed by atoms with Crippen LogP contribution in [0.2, 0.25) is 0 Å². The predicted octanol–water partition coefficient (Wildman–Crippen LogP) is 4.54. The zero-order valence-corrected chi connectivity index (χ0v) is 13.7. The molecule has 3 heteroatoms. The van der Waals surface area contributed by atoms with Crippen LogP contribution in [0.4, 0.5) is 0 Å². The van der Waals surface area contributed by atoms with Crippen LogP contribution >= 0.6 is 28.3 Å². The minimum Gasteiger partial charge on any atom is -0.182 e. The van der Waals surface area contributed by atoms with Crippen molar-refractivity contribution in [1.29, 1.82) is 0 Å². The molecule has 20 heavy (non-hydrogen) atoms. The van der Waals surface area contributed by atoms with Crippen LogP contribution in [0.25, 0.3) is 10.2 Å². The molecule has 3 rings (SSSR count). The Morgan fingerprint density at radius 2 is 1.70 bits per heavy atom. The number of thiazole rings is 1. The maximum absolute atomic E-state index is 3.87.